The highest BCUT2D eigenvalue weighted by atomic mass is 16.3. The van der Waals surface area contributed by atoms with Crippen LogP contribution >= 0.6 is 0 Å². The van der Waals surface area contributed by atoms with Crippen LogP contribution in [0, 0.1) is 5.92 Å². The topological polar surface area (TPSA) is 49.3 Å². The van der Waals surface area contributed by atoms with Gasteiger partial charge in [0, 0.05) is 6.08 Å². The number of hydrogen-bond donors (Lipinski definition) is 2. The number of carbonyl (C=O) groups is 1. The number of amides is 1. The SMILES string of the molecule is CCC(C)C1NC(=O)C=C1O. The number of aliphatic hydroxyl groups is 1. The van der Waals surface area contributed by atoms with E-state index in [4.69, 9.17) is 0 Å². The number of carbonyl (C=O) groups excluding carboxylic acids is 1. The Morgan fingerprint density at radius 3 is 2.82 bits per heavy atom. The van der Waals surface area contributed by atoms with Gasteiger partial charge in [0.2, 0.25) is 5.91 Å². The van der Waals surface area contributed by atoms with Crippen molar-refractivity contribution in [1.29, 1.82) is 0 Å². The van der Waals surface area contributed by atoms with E-state index in [9.17, 15) is 9.90 Å². The minimum Gasteiger partial charge on any atom is -0.510 e. The molecule has 62 valence electrons. The molecule has 1 amide bonds. The Morgan fingerprint density at radius 2 is 2.45 bits per heavy atom. The first kappa shape index (κ1) is 8.11. The van der Waals surface area contributed by atoms with Gasteiger partial charge < -0.3 is 10.4 Å². The van der Waals surface area contributed by atoms with Gasteiger partial charge in [0.15, 0.2) is 0 Å². The Bertz CT molecular complexity index is 198. The zero-order chi connectivity index (χ0) is 8.43. The van der Waals surface area contributed by atoms with Gasteiger partial charge in [-0.05, 0) is 5.92 Å². The first-order valence-electron chi connectivity index (χ1n) is 3.86. The molecule has 0 aromatic heterocycles. The molecule has 0 bridgehead atoms. The number of nitrogens with one attached hydrogen (secondary N) is 1. The van der Waals surface area contributed by atoms with Gasteiger partial charge in [-0.15, -0.1) is 0 Å². The van der Waals surface area contributed by atoms with Gasteiger partial charge in [0.25, 0.3) is 0 Å². The minimum atomic E-state index is -0.187. The van der Waals surface area contributed by atoms with Crippen LogP contribution in [0.25, 0.3) is 0 Å². The Balaban J connectivity index is 2.63. The Hall–Kier alpha value is -0.990. The molecule has 0 saturated carbocycles. The van der Waals surface area contributed by atoms with Crippen LogP contribution in [-0.4, -0.2) is 17.1 Å². The summed E-state index contributed by atoms with van der Waals surface area (Å²) in [5.41, 5.74) is 0. The van der Waals surface area contributed by atoms with E-state index in [0.29, 0.717) is 5.92 Å². The van der Waals surface area contributed by atoms with Crippen molar-refractivity contribution in [2.75, 3.05) is 0 Å². The summed E-state index contributed by atoms with van der Waals surface area (Å²) >= 11 is 0. The van der Waals surface area contributed by atoms with E-state index in [1.807, 2.05) is 13.8 Å². The van der Waals surface area contributed by atoms with Crippen molar-refractivity contribution in [3.05, 3.63) is 11.8 Å². The van der Waals surface area contributed by atoms with Crippen LogP contribution in [0.2, 0.25) is 0 Å². The zero-order valence-corrected chi connectivity index (χ0v) is 6.79. The number of aliphatic hydroxyl groups excluding tert-OH is 1. The monoisotopic (exact) mass is 155 g/mol. The zero-order valence-electron chi connectivity index (χ0n) is 6.79. The van der Waals surface area contributed by atoms with Crippen LogP contribution in [0.4, 0.5) is 0 Å². The molecule has 1 rings (SSSR count). The molecule has 2 N–H and O–H groups in total. The summed E-state index contributed by atoms with van der Waals surface area (Å²) in [5, 5.41) is 11.9. The van der Waals surface area contributed by atoms with Gasteiger partial charge in [0.05, 0.1) is 6.04 Å². The van der Waals surface area contributed by atoms with E-state index in [1.54, 1.807) is 0 Å². The summed E-state index contributed by atoms with van der Waals surface area (Å²) in [6.07, 6.45) is 2.19. The lowest BCUT2D eigenvalue weighted by Crippen LogP contribution is -2.34. The summed E-state index contributed by atoms with van der Waals surface area (Å²) in [5.74, 6) is 0.287. The fourth-order valence-electron chi connectivity index (χ4n) is 1.16. The molecule has 0 aromatic rings. The van der Waals surface area contributed by atoms with E-state index in [2.05, 4.69) is 5.32 Å². The van der Waals surface area contributed by atoms with Gasteiger partial charge in [0.1, 0.15) is 5.76 Å². The third kappa shape index (κ3) is 1.53. The molecule has 3 heteroatoms. The van der Waals surface area contributed by atoms with Crippen molar-refractivity contribution in [2.45, 2.75) is 26.3 Å². The average Bonchev–Trinajstić information content (AvgIpc) is 2.28. The number of rotatable bonds is 2. The molecule has 3 nitrogen and oxygen atoms in total. The summed E-state index contributed by atoms with van der Waals surface area (Å²) < 4.78 is 0. The fourth-order valence-corrected chi connectivity index (χ4v) is 1.16. The molecule has 2 unspecified atom stereocenters. The van der Waals surface area contributed by atoms with Crippen LogP contribution in [0.3, 0.4) is 0 Å². The minimum absolute atomic E-state index is 0.160. The van der Waals surface area contributed by atoms with Gasteiger partial charge in [-0.1, -0.05) is 20.3 Å². The molecular weight excluding hydrogens is 142 g/mol. The van der Waals surface area contributed by atoms with Gasteiger partial charge in [-0.25, -0.2) is 0 Å². The van der Waals surface area contributed by atoms with Crippen molar-refractivity contribution in [1.82, 2.24) is 5.32 Å². The van der Waals surface area contributed by atoms with E-state index >= 15 is 0 Å². The van der Waals surface area contributed by atoms with Crippen molar-refractivity contribution in [2.24, 2.45) is 5.92 Å². The van der Waals surface area contributed by atoms with E-state index in [1.165, 1.54) is 6.08 Å². The first-order valence-corrected chi connectivity index (χ1v) is 3.86. The second-order valence-corrected chi connectivity index (χ2v) is 2.94. The van der Waals surface area contributed by atoms with Crippen molar-refractivity contribution in [3.8, 4) is 0 Å². The number of hydrogen-bond acceptors (Lipinski definition) is 2. The molecule has 0 aromatic carbocycles. The van der Waals surface area contributed by atoms with Crippen molar-refractivity contribution < 1.29 is 9.90 Å². The standard InChI is InChI=1S/C8H13NO2/c1-3-5(2)8-6(10)4-7(11)9-8/h4-5,8,10H,3H2,1-2H3,(H,9,11). The predicted octanol–water partition coefficient (Wildman–Crippen LogP) is 0.973. The molecular formula is C8H13NO2. The maximum Gasteiger partial charge on any atom is 0.248 e. The van der Waals surface area contributed by atoms with Crippen LogP contribution in [0.15, 0.2) is 11.8 Å². The molecule has 0 spiro atoms. The second-order valence-electron chi connectivity index (χ2n) is 2.94. The normalized spacial score (nSPS) is 26.2. The van der Waals surface area contributed by atoms with Gasteiger partial charge >= 0.3 is 0 Å². The summed E-state index contributed by atoms with van der Waals surface area (Å²) in [7, 11) is 0. The van der Waals surface area contributed by atoms with Gasteiger partial charge in [-0.2, -0.15) is 0 Å². The quantitative estimate of drug-likeness (QED) is 0.624. The molecule has 1 aliphatic rings. The Morgan fingerprint density at radius 1 is 1.82 bits per heavy atom. The van der Waals surface area contributed by atoms with Gasteiger partial charge in [-0.3, -0.25) is 4.79 Å². The predicted molar refractivity (Wildman–Crippen MR) is 42.1 cm³/mol. The fraction of sp³-hybridized carbons (Fsp3) is 0.625. The Labute approximate surface area is 66.1 Å². The molecule has 1 aliphatic heterocycles. The molecule has 1 heterocycles. The van der Waals surface area contributed by atoms with Crippen LogP contribution in [-0.2, 0) is 4.79 Å². The molecule has 2 atom stereocenters. The van der Waals surface area contributed by atoms with Crippen LogP contribution in [0.1, 0.15) is 20.3 Å². The maximum absolute atomic E-state index is 10.7. The molecule has 0 aliphatic carbocycles. The molecule has 0 saturated heterocycles. The highest BCUT2D eigenvalue weighted by Crippen LogP contribution is 2.17. The molecule has 11 heavy (non-hydrogen) atoms. The lowest BCUT2D eigenvalue weighted by Gasteiger charge is -2.17. The van der Waals surface area contributed by atoms with E-state index < -0.39 is 0 Å². The van der Waals surface area contributed by atoms with E-state index in [-0.39, 0.29) is 17.7 Å². The summed E-state index contributed by atoms with van der Waals surface area (Å²) in [4.78, 5) is 10.7. The molecule has 0 radical (unpaired) electrons. The van der Waals surface area contributed by atoms with Crippen molar-refractivity contribution >= 4 is 5.91 Å². The second kappa shape index (κ2) is 2.95. The third-order valence-corrected chi connectivity index (χ3v) is 2.11. The maximum atomic E-state index is 10.7. The van der Waals surface area contributed by atoms with Crippen LogP contribution in [0.5, 0.6) is 0 Å². The highest BCUT2D eigenvalue weighted by Gasteiger charge is 2.27. The lowest BCUT2D eigenvalue weighted by atomic mass is 9.99. The first-order chi connectivity index (χ1) is 5.15. The lowest BCUT2D eigenvalue weighted by molar-refractivity contribution is -0.116. The third-order valence-electron chi connectivity index (χ3n) is 2.11. The van der Waals surface area contributed by atoms with Crippen LogP contribution < -0.4 is 5.32 Å². The van der Waals surface area contributed by atoms with Crippen molar-refractivity contribution in [3.63, 3.8) is 0 Å². The average molecular weight is 155 g/mol. The van der Waals surface area contributed by atoms with E-state index in [0.717, 1.165) is 6.42 Å². The molecule has 0 fully saturated rings. The summed E-state index contributed by atoms with van der Waals surface area (Å²) in [6.45, 7) is 4.03. The Kier molecular flexibility index (Phi) is 2.17. The highest BCUT2D eigenvalue weighted by molar-refractivity contribution is 5.91. The largest absolute Gasteiger partial charge is 0.510 e. The summed E-state index contributed by atoms with van der Waals surface area (Å²) in [6, 6.07) is -0.160. The smallest absolute Gasteiger partial charge is 0.248 e.